The molecule has 7 heteroatoms. The lowest BCUT2D eigenvalue weighted by atomic mass is 10.3. The number of carboxylic acids is 1. The van der Waals surface area contributed by atoms with Crippen molar-refractivity contribution in [2.24, 2.45) is 0 Å². The lowest BCUT2D eigenvalue weighted by Crippen LogP contribution is -2.11. The number of aromatic nitrogens is 2. The van der Waals surface area contributed by atoms with Gasteiger partial charge in [-0.1, -0.05) is 0 Å². The van der Waals surface area contributed by atoms with E-state index in [1.165, 1.54) is 23.3 Å². The topological polar surface area (TPSA) is 97.4 Å². The molecule has 2 aromatic rings. The highest BCUT2D eigenvalue weighted by molar-refractivity contribution is 6.03. The van der Waals surface area contributed by atoms with Crippen molar-refractivity contribution in [3.05, 3.63) is 36.0 Å². The average molecular weight is 249 g/mol. The first-order valence-corrected chi connectivity index (χ1v) is 5.15. The van der Waals surface area contributed by atoms with E-state index in [4.69, 9.17) is 9.52 Å². The summed E-state index contributed by atoms with van der Waals surface area (Å²) in [5.41, 5.74) is 0.832. The van der Waals surface area contributed by atoms with E-state index in [-0.39, 0.29) is 12.5 Å². The van der Waals surface area contributed by atoms with Crippen molar-refractivity contribution >= 4 is 17.6 Å². The van der Waals surface area contributed by atoms with Gasteiger partial charge >= 0.3 is 5.97 Å². The van der Waals surface area contributed by atoms with E-state index < -0.39 is 5.97 Å². The van der Waals surface area contributed by atoms with E-state index in [1.807, 2.05) is 0 Å². The van der Waals surface area contributed by atoms with E-state index >= 15 is 0 Å². The van der Waals surface area contributed by atoms with E-state index in [9.17, 15) is 9.59 Å². The predicted molar refractivity (Wildman–Crippen MR) is 61.3 cm³/mol. The Bertz CT molecular complexity index is 585. The maximum Gasteiger partial charge on any atom is 0.325 e. The van der Waals surface area contributed by atoms with Gasteiger partial charge in [0.15, 0.2) is 0 Å². The van der Waals surface area contributed by atoms with E-state index in [0.29, 0.717) is 17.0 Å². The molecule has 94 valence electrons. The van der Waals surface area contributed by atoms with Crippen molar-refractivity contribution in [1.82, 2.24) is 9.78 Å². The van der Waals surface area contributed by atoms with Gasteiger partial charge in [0, 0.05) is 6.20 Å². The normalized spacial score (nSPS) is 10.3. The zero-order valence-corrected chi connectivity index (χ0v) is 9.58. The van der Waals surface area contributed by atoms with Crippen LogP contribution in [-0.2, 0) is 11.3 Å². The number of nitrogens with zero attached hydrogens (tertiary/aromatic N) is 2. The van der Waals surface area contributed by atoms with Gasteiger partial charge in [-0.15, -0.1) is 0 Å². The molecule has 0 radical (unpaired) electrons. The fraction of sp³-hybridized carbons (Fsp3) is 0.182. The van der Waals surface area contributed by atoms with E-state index in [2.05, 4.69) is 10.4 Å². The molecule has 0 fully saturated rings. The number of hydrogen-bond acceptors (Lipinski definition) is 4. The summed E-state index contributed by atoms with van der Waals surface area (Å²) in [7, 11) is 0. The second-order valence-corrected chi connectivity index (χ2v) is 3.72. The van der Waals surface area contributed by atoms with Crippen LogP contribution < -0.4 is 5.32 Å². The minimum Gasteiger partial charge on any atom is -0.480 e. The van der Waals surface area contributed by atoms with Crippen molar-refractivity contribution < 1.29 is 19.1 Å². The molecule has 2 rings (SSSR count). The van der Waals surface area contributed by atoms with Crippen LogP contribution in [-0.4, -0.2) is 26.8 Å². The Morgan fingerprint density at radius 2 is 2.33 bits per heavy atom. The second-order valence-electron chi connectivity index (χ2n) is 3.72. The van der Waals surface area contributed by atoms with Crippen molar-refractivity contribution in [1.29, 1.82) is 0 Å². The summed E-state index contributed by atoms with van der Waals surface area (Å²) >= 11 is 0. The number of rotatable bonds is 4. The molecule has 0 spiro atoms. The quantitative estimate of drug-likeness (QED) is 0.846. The van der Waals surface area contributed by atoms with Crippen LogP contribution in [0.4, 0.5) is 5.69 Å². The third kappa shape index (κ3) is 2.76. The molecule has 0 atom stereocenters. The zero-order chi connectivity index (χ0) is 13.1. The Balaban J connectivity index is 2.03. The molecule has 18 heavy (non-hydrogen) atoms. The number of furan rings is 1. The minimum absolute atomic E-state index is 0.249. The molecule has 0 aromatic carbocycles. The molecule has 0 saturated heterocycles. The molecule has 2 N–H and O–H groups in total. The molecular weight excluding hydrogens is 238 g/mol. The van der Waals surface area contributed by atoms with Gasteiger partial charge in [0.25, 0.3) is 5.91 Å². The molecule has 7 nitrogen and oxygen atoms in total. The number of aliphatic carboxylic acids is 1. The Morgan fingerprint density at radius 3 is 2.94 bits per heavy atom. The van der Waals surface area contributed by atoms with Gasteiger partial charge < -0.3 is 14.8 Å². The summed E-state index contributed by atoms with van der Waals surface area (Å²) in [5, 5.41) is 15.0. The highest BCUT2D eigenvalue weighted by Crippen LogP contribution is 2.10. The lowest BCUT2D eigenvalue weighted by molar-refractivity contribution is -0.137. The number of nitrogens with one attached hydrogen (secondary N) is 1. The van der Waals surface area contributed by atoms with Crippen LogP contribution >= 0.6 is 0 Å². The van der Waals surface area contributed by atoms with Crippen molar-refractivity contribution in [3.63, 3.8) is 0 Å². The summed E-state index contributed by atoms with van der Waals surface area (Å²) in [6.45, 7) is 1.49. The minimum atomic E-state index is -0.999. The first kappa shape index (κ1) is 11.9. The first-order chi connectivity index (χ1) is 8.54. The average Bonchev–Trinajstić information content (AvgIpc) is 2.87. The van der Waals surface area contributed by atoms with Gasteiger partial charge in [-0.25, -0.2) is 0 Å². The molecule has 2 heterocycles. The molecule has 0 bridgehead atoms. The van der Waals surface area contributed by atoms with Crippen LogP contribution in [0.15, 0.2) is 29.1 Å². The van der Waals surface area contributed by atoms with Gasteiger partial charge in [0.1, 0.15) is 18.6 Å². The van der Waals surface area contributed by atoms with Gasteiger partial charge in [-0.2, -0.15) is 5.10 Å². The molecule has 2 aromatic heterocycles. The third-order valence-corrected chi connectivity index (χ3v) is 2.18. The molecule has 0 aliphatic rings. The summed E-state index contributed by atoms with van der Waals surface area (Å²) in [5.74, 6) is -0.690. The molecule has 0 unspecified atom stereocenters. The van der Waals surface area contributed by atoms with Crippen LogP contribution in [0.3, 0.4) is 0 Å². The highest BCUT2D eigenvalue weighted by atomic mass is 16.4. The second kappa shape index (κ2) is 4.74. The number of amides is 1. The highest BCUT2D eigenvalue weighted by Gasteiger charge is 2.10. The summed E-state index contributed by atoms with van der Waals surface area (Å²) in [6, 6.07) is 1.61. The number of carboxylic acid groups (broad SMARTS) is 1. The Hall–Kier alpha value is -2.57. The molecular formula is C11H11N3O4. The van der Waals surface area contributed by atoms with Crippen LogP contribution in [0.1, 0.15) is 16.1 Å². The smallest absolute Gasteiger partial charge is 0.325 e. The SMILES string of the molecule is Cc1cc(C(=O)Nc2cnn(CC(=O)O)c2)co1. The standard InChI is InChI=1S/C11H11N3O4/c1-7-2-8(6-18-7)11(17)13-9-3-12-14(4-9)5-10(15)16/h2-4,6H,5H2,1H3,(H,13,17)(H,15,16). The van der Waals surface area contributed by atoms with Gasteiger partial charge in [-0.3, -0.25) is 14.3 Å². The molecule has 0 saturated carbocycles. The van der Waals surface area contributed by atoms with Crippen molar-refractivity contribution in [2.75, 3.05) is 5.32 Å². The molecule has 1 amide bonds. The van der Waals surface area contributed by atoms with E-state index in [1.54, 1.807) is 13.0 Å². The van der Waals surface area contributed by atoms with Crippen molar-refractivity contribution in [3.8, 4) is 0 Å². The number of aryl methyl sites for hydroxylation is 1. The summed E-state index contributed by atoms with van der Waals surface area (Å²) in [4.78, 5) is 22.2. The lowest BCUT2D eigenvalue weighted by Gasteiger charge is -1.98. The van der Waals surface area contributed by atoms with Gasteiger partial charge in [0.05, 0.1) is 17.4 Å². The maximum absolute atomic E-state index is 11.7. The number of hydrogen-bond donors (Lipinski definition) is 2. The monoisotopic (exact) mass is 249 g/mol. The molecule has 0 aliphatic heterocycles. The summed E-state index contributed by atoms with van der Waals surface area (Å²) < 4.78 is 6.24. The third-order valence-electron chi connectivity index (χ3n) is 2.18. The van der Waals surface area contributed by atoms with Gasteiger partial charge in [0.2, 0.25) is 0 Å². The number of anilines is 1. The van der Waals surface area contributed by atoms with Crippen LogP contribution in [0, 0.1) is 6.92 Å². The van der Waals surface area contributed by atoms with Crippen LogP contribution in [0.2, 0.25) is 0 Å². The predicted octanol–water partition coefficient (Wildman–Crippen LogP) is 1.12. The fourth-order valence-electron chi connectivity index (χ4n) is 1.42. The Morgan fingerprint density at radius 1 is 1.56 bits per heavy atom. The van der Waals surface area contributed by atoms with E-state index in [0.717, 1.165) is 0 Å². The van der Waals surface area contributed by atoms with Crippen LogP contribution in [0.25, 0.3) is 0 Å². The number of carbonyl (C=O) groups is 2. The first-order valence-electron chi connectivity index (χ1n) is 5.15. The van der Waals surface area contributed by atoms with Crippen molar-refractivity contribution in [2.45, 2.75) is 13.5 Å². The zero-order valence-electron chi connectivity index (χ0n) is 9.58. The fourth-order valence-corrected chi connectivity index (χ4v) is 1.42. The molecule has 0 aliphatic carbocycles. The number of carbonyl (C=O) groups excluding carboxylic acids is 1. The summed E-state index contributed by atoms with van der Waals surface area (Å²) in [6.07, 6.45) is 4.18. The Kier molecular flexibility index (Phi) is 3.13. The van der Waals surface area contributed by atoms with Crippen LogP contribution in [0.5, 0.6) is 0 Å². The van der Waals surface area contributed by atoms with Gasteiger partial charge in [-0.05, 0) is 13.0 Å². The largest absolute Gasteiger partial charge is 0.480 e. The Labute approximate surface area is 102 Å². The maximum atomic E-state index is 11.7.